The van der Waals surface area contributed by atoms with Crippen molar-refractivity contribution in [3.8, 4) is 5.75 Å². The summed E-state index contributed by atoms with van der Waals surface area (Å²) in [6, 6.07) is 6.61. The van der Waals surface area contributed by atoms with E-state index in [1.54, 1.807) is 18.2 Å². The third-order valence-electron chi connectivity index (χ3n) is 2.21. The number of benzene rings is 1. The average Bonchev–Trinajstić information content (AvgIpc) is 2.34. The molecule has 0 aliphatic carbocycles. The molecule has 0 saturated carbocycles. The molecular formula is C12H18N2O3. The first-order valence-electron chi connectivity index (χ1n) is 5.61. The van der Waals surface area contributed by atoms with Crippen molar-refractivity contribution in [3.63, 3.8) is 0 Å². The first-order valence-corrected chi connectivity index (χ1v) is 5.61. The highest BCUT2D eigenvalue weighted by atomic mass is 16.5. The van der Waals surface area contributed by atoms with Gasteiger partial charge in [-0.2, -0.15) is 0 Å². The molecule has 0 atom stereocenters. The molecule has 5 heteroatoms. The maximum absolute atomic E-state index is 10.9. The molecule has 17 heavy (non-hydrogen) atoms. The molecule has 1 rings (SSSR count). The van der Waals surface area contributed by atoms with Crippen LogP contribution in [0, 0.1) is 0 Å². The van der Waals surface area contributed by atoms with E-state index in [1.165, 1.54) is 6.07 Å². The minimum Gasteiger partial charge on any atom is -0.491 e. The third-order valence-corrected chi connectivity index (χ3v) is 2.21. The van der Waals surface area contributed by atoms with Gasteiger partial charge in [0.2, 0.25) is 0 Å². The first-order chi connectivity index (χ1) is 8.25. The number of carboxylic acid groups (broad SMARTS) is 1. The molecule has 94 valence electrons. The Morgan fingerprint density at radius 2 is 2.12 bits per heavy atom. The SMILES string of the molecule is NCCCNCCOc1ccccc1C(=O)O. The number of carbonyl (C=O) groups is 1. The van der Waals surface area contributed by atoms with Crippen molar-refractivity contribution >= 4 is 5.97 Å². The van der Waals surface area contributed by atoms with Gasteiger partial charge in [-0.3, -0.25) is 0 Å². The lowest BCUT2D eigenvalue weighted by Crippen LogP contribution is -2.24. The number of nitrogens with one attached hydrogen (secondary N) is 1. The molecule has 0 fully saturated rings. The number of carboxylic acids is 1. The second kappa shape index (κ2) is 7.65. The number of para-hydroxylation sites is 1. The van der Waals surface area contributed by atoms with Gasteiger partial charge in [-0.05, 0) is 31.6 Å². The third kappa shape index (κ3) is 4.84. The standard InChI is InChI=1S/C12H18N2O3/c13-6-3-7-14-8-9-17-11-5-2-1-4-10(11)12(15)16/h1-2,4-5,14H,3,6-9,13H2,(H,15,16). The minimum atomic E-state index is -0.975. The lowest BCUT2D eigenvalue weighted by molar-refractivity contribution is 0.0692. The smallest absolute Gasteiger partial charge is 0.339 e. The first kappa shape index (κ1) is 13.5. The lowest BCUT2D eigenvalue weighted by atomic mass is 10.2. The summed E-state index contributed by atoms with van der Waals surface area (Å²) in [5.74, 6) is -0.572. The Morgan fingerprint density at radius 3 is 2.82 bits per heavy atom. The van der Waals surface area contributed by atoms with Gasteiger partial charge in [-0.25, -0.2) is 4.79 Å². The van der Waals surface area contributed by atoms with Gasteiger partial charge in [-0.15, -0.1) is 0 Å². The Morgan fingerprint density at radius 1 is 1.35 bits per heavy atom. The second-order valence-corrected chi connectivity index (χ2v) is 3.54. The zero-order valence-electron chi connectivity index (χ0n) is 9.69. The molecule has 0 radical (unpaired) electrons. The highest BCUT2D eigenvalue weighted by Gasteiger charge is 2.09. The van der Waals surface area contributed by atoms with Gasteiger partial charge in [0.25, 0.3) is 0 Å². The van der Waals surface area contributed by atoms with Crippen molar-refractivity contribution in [1.82, 2.24) is 5.32 Å². The highest BCUT2D eigenvalue weighted by molar-refractivity contribution is 5.90. The fraction of sp³-hybridized carbons (Fsp3) is 0.417. The molecule has 0 heterocycles. The second-order valence-electron chi connectivity index (χ2n) is 3.54. The Labute approximate surface area is 101 Å². The topological polar surface area (TPSA) is 84.6 Å². The van der Waals surface area contributed by atoms with Crippen molar-refractivity contribution in [2.45, 2.75) is 6.42 Å². The summed E-state index contributed by atoms with van der Waals surface area (Å²) in [6.07, 6.45) is 0.922. The predicted octanol–water partition coefficient (Wildman–Crippen LogP) is 0.702. The summed E-state index contributed by atoms with van der Waals surface area (Å²) in [4.78, 5) is 10.9. The molecular weight excluding hydrogens is 220 g/mol. The Hall–Kier alpha value is -1.59. The van der Waals surface area contributed by atoms with Crippen LogP contribution in [0.5, 0.6) is 5.75 Å². The van der Waals surface area contributed by atoms with Gasteiger partial charge in [0.05, 0.1) is 0 Å². The quantitative estimate of drug-likeness (QED) is 0.581. The van der Waals surface area contributed by atoms with E-state index in [2.05, 4.69) is 5.32 Å². The van der Waals surface area contributed by atoms with E-state index in [4.69, 9.17) is 15.6 Å². The Kier molecular flexibility index (Phi) is 6.06. The Balaban J connectivity index is 2.34. The van der Waals surface area contributed by atoms with Gasteiger partial charge in [0.1, 0.15) is 17.9 Å². The molecule has 1 aromatic rings. The van der Waals surface area contributed by atoms with E-state index in [9.17, 15) is 4.79 Å². The van der Waals surface area contributed by atoms with Gasteiger partial charge < -0.3 is 20.9 Å². The molecule has 1 aromatic carbocycles. The van der Waals surface area contributed by atoms with Gasteiger partial charge in [0, 0.05) is 6.54 Å². The molecule has 0 aliphatic heterocycles. The molecule has 4 N–H and O–H groups in total. The van der Waals surface area contributed by atoms with E-state index in [0.29, 0.717) is 25.4 Å². The number of ether oxygens (including phenoxy) is 1. The van der Waals surface area contributed by atoms with Crippen LogP contribution in [0.25, 0.3) is 0 Å². The van der Waals surface area contributed by atoms with Gasteiger partial charge in [-0.1, -0.05) is 12.1 Å². The maximum atomic E-state index is 10.9. The summed E-state index contributed by atoms with van der Waals surface area (Å²) in [6.45, 7) is 2.62. The van der Waals surface area contributed by atoms with Crippen LogP contribution in [0.1, 0.15) is 16.8 Å². The van der Waals surface area contributed by atoms with E-state index in [-0.39, 0.29) is 5.56 Å². The van der Waals surface area contributed by atoms with Crippen LogP contribution in [0.15, 0.2) is 24.3 Å². The van der Waals surface area contributed by atoms with Crippen molar-refractivity contribution in [2.75, 3.05) is 26.2 Å². The van der Waals surface area contributed by atoms with Crippen LogP contribution in [0.4, 0.5) is 0 Å². The molecule has 0 amide bonds. The van der Waals surface area contributed by atoms with Crippen LogP contribution in [-0.2, 0) is 0 Å². The highest BCUT2D eigenvalue weighted by Crippen LogP contribution is 2.17. The monoisotopic (exact) mass is 238 g/mol. The number of hydrogen-bond acceptors (Lipinski definition) is 4. The van der Waals surface area contributed by atoms with Crippen LogP contribution in [-0.4, -0.2) is 37.3 Å². The fourth-order valence-corrected chi connectivity index (χ4v) is 1.35. The zero-order valence-corrected chi connectivity index (χ0v) is 9.69. The Bertz CT molecular complexity index is 355. The van der Waals surface area contributed by atoms with Crippen LogP contribution in [0.2, 0.25) is 0 Å². The number of aromatic carboxylic acids is 1. The molecule has 0 spiro atoms. The summed E-state index contributed by atoms with van der Waals surface area (Å²) < 4.78 is 5.40. The van der Waals surface area contributed by atoms with Crippen molar-refractivity contribution < 1.29 is 14.6 Å². The van der Waals surface area contributed by atoms with Crippen LogP contribution in [0.3, 0.4) is 0 Å². The number of rotatable bonds is 8. The van der Waals surface area contributed by atoms with Gasteiger partial charge >= 0.3 is 5.97 Å². The average molecular weight is 238 g/mol. The molecule has 5 nitrogen and oxygen atoms in total. The van der Waals surface area contributed by atoms with Crippen LogP contribution >= 0.6 is 0 Å². The lowest BCUT2D eigenvalue weighted by Gasteiger charge is -2.09. The maximum Gasteiger partial charge on any atom is 0.339 e. The summed E-state index contributed by atoms with van der Waals surface area (Å²) in [5.41, 5.74) is 5.54. The number of nitrogens with two attached hydrogens (primary N) is 1. The van der Waals surface area contributed by atoms with E-state index < -0.39 is 5.97 Å². The molecule has 0 bridgehead atoms. The normalized spacial score (nSPS) is 10.2. The molecule has 0 unspecified atom stereocenters. The molecule has 0 aromatic heterocycles. The zero-order chi connectivity index (χ0) is 12.5. The summed E-state index contributed by atoms with van der Waals surface area (Å²) in [5, 5.41) is 12.1. The molecule has 0 aliphatic rings. The van der Waals surface area contributed by atoms with Crippen molar-refractivity contribution in [1.29, 1.82) is 0 Å². The number of hydrogen-bond donors (Lipinski definition) is 3. The molecule has 0 saturated heterocycles. The fourth-order valence-electron chi connectivity index (χ4n) is 1.35. The minimum absolute atomic E-state index is 0.189. The van der Waals surface area contributed by atoms with E-state index >= 15 is 0 Å². The summed E-state index contributed by atoms with van der Waals surface area (Å²) in [7, 11) is 0. The largest absolute Gasteiger partial charge is 0.491 e. The van der Waals surface area contributed by atoms with E-state index in [0.717, 1.165) is 13.0 Å². The van der Waals surface area contributed by atoms with Crippen LogP contribution < -0.4 is 15.8 Å². The van der Waals surface area contributed by atoms with Crippen molar-refractivity contribution in [3.05, 3.63) is 29.8 Å². The predicted molar refractivity (Wildman–Crippen MR) is 65.4 cm³/mol. The van der Waals surface area contributed by atoms with Gasteiger partial charge in [0.15, 0.2) is 0 Å². The van der Waals surface area contributed by atoms with Crippen molar-refractivity contribution in [2.24, 2.45) is 5.73 Å². The van der Waals surface area contributed by atoms with E-state index in [1.807, 2.05) is 0 Å². The summed E-state index contributed by atoms with van der Waals surface area (Å²) >= 11 is 0.